The summed E-state index contributed by atoms with van der Waals surface area (Å²) in [5, 5.41) is 5.04. The van der Waals surface area contributed by atoms with Crippen LogP contribution in [0.1, 0.15) is 42.4 Å². The van der Waals surface area contributed by atoms with Crippen molar-refractivity contribution in [3.05, 3.63) is 46.2 Å². The van der Waals surface area contributed by atoms with Crippen molar-refractivity contribution in [1.82, 2.24) is 4.98 Å². The predicted octanol–water partition coefficient (Wildman–Crippen LogP) is 4.14. The smallest absolute Gasteiger partial charge is 0.260 e. The number of carbonyl (C=O) groups is 1. The van der Waals surface area contributed by atoms with Gasteiger partial charge in [-0.3, -0.25) is 10.1 Å². The number of rotatable bonds is 2. The number of thiazole rings is 1. The van der Waals surface area contributed by atoms with E-state index in [1.807, 2.05) is 26.2 Å². The fourth-order valence-electron chi connectivity index (χ4n) is 1.66. The number of hydrogen-bond donors (Lipinski definition) is 1. The van der Waals surface area contributed by atoms with E-state index in [2.05, 4.69) is 10.3 Å². The highest BCUT2D eigenvalue weighted by atomic mass is 32.1. The van der Waals surface area contributed by atoms with Gasteiger partial charge in [-0.05, 0) is 18.6 Å². The van der Waals surface area contributed by atoms with Crippen molar-refractivity contribution in [3.63, 3.8) is 0 Å². The zero-order chi connectivity index (χ0) is 14.9. The van der Waals surface area contributed by atoms with Crippen molar-refractivity contribution in [2.75, 3.05) is 5.32 Å². The largest absolute Gasteiger partial charge is 0.298 e. The molecule has 20 heavy (non-hydrogen) atoms. The minimum absolute atomic E-state index is 0.0394. The summed E-state index contributed by atoms with van der Waals surface area (Å²) in [6.45, 7) is 7.78. The van der Waals surface area contributed by atoms with Gasteiger partial charge < -0.3 is 0 Å². The summed E-state index contributed by atoms with van der Waals surface area (Å²) in [5.74, 6) is -0.960. The van der Waals surface area contributed by atoms with Gasteiger partial charge >= 0.3 is 0 Å². The number of aryl methyl sites for hydroxylation is 1. The van der Waals surface area contributed by atoms with Crippen LogP contribution in [0.5, 0.6) is 0 Å². The Labute approximate surface area is 121 Å². The van der Waals surface area contributed by atoms with Gasteiger partial charge in [0.15, 0.2) is 5.13 Å². The van der Waals surface area contributed by atoms with Crippen molar-refractivity contribution >= 4 is 22.4 Å². The van der Waals surface area contributed by atoms with Crippen molar-refractivity contribution in [1.29, 1.82) is 0 Å². The second-order valence-corrected chi connectivity index (χ2v) is 6.54. The molecule has 1 aromatic carbocycles. The maximum atomic E-state index is 13.9. The second-order valence-electron chi connectivity index (χ2n) is 5.68. The molecule has 0 atom stereocenters. The molecule has 5 heteroatoms. The zero-order valence-electron chi connectivity index (χ0n) is 12.0. The van der Waals surface area contributed by atoms with Gasteiger partial charge in [0, 0.05) is 10.8 Å². The SMILES string of the molecule is Cc1cccc(C(=O)Nc2nc(C(C)(C)C)cs2)c1F. The molecule has 106 valence electrons. The van der Waals surface area contributed by atoms with E-state index in [9.17, 15) is 9.18 Å². The van der Waals surface area contributed by atoms with Gasteiger partial charge in [0.2, 0.25) is 0 Å². The quantitative estimate of drug-likeness (QED) is 0.904. The summed E-state index contributed by atoms with van der Waals surface area (Å²) in [6, 6.07) is 4.76. The van der Waals surface area contributed by atoms with E-state index in [4.69, 9.17) is 0 Å². The lowest BCUT2D eigenvalue weighted by atomic mass is 9.93. The van der Waals surface area contributed by atoms with Crippen molar-refractivity contribution < 1.29 is 9.18 Å². The number of nitrogens with zero attached hydrogens (tertiary/aromatic N) is 1. The number of halogens is 1. The molecule has 0 aliphatic heterocycles. The van der Waals surface area contributed by atoms with Crippen LogP contribution in [0.15, 0.2) is 23.6 Å². The normalized spacial score (nSPS) is 11.4. The number of anilines is 1. The topological polar surface area (TPSA) is 42.0 Å². The molecule has 0 unspecified atom stereocenters. The van der Waals surface area contributed by atoms with Gasteiger partial charge in [0.1, 0.15) is 5.82 Å². The van der Waals surface area contributed by atoms with E-state index in [-0.39, 0.29) is 11.0 Å². The average Bonchev–Trinajstić information content (AvgIpc) is 2.81. The Balaban J connectivity index is 2.20. The van der Waals surface area contributed by atoms with E-state index in [0.717, 1.165) is 5.69 Å². The van der Waals surface area contributed by atoms with Crippen LogP contribution in [0, 0.1) is 12.7 Å². The average molecular weight is 292 g/mol. The molecule has 1 heterocycles. The molecule has 0 radical (unpaired) electrons. The number of hydrogen-bond acceptors (Lipinski definition) is 3. The first-order valence-electron chi connectivity index (χ1n) is 6.31. The van der Waals surface area contributed by atoms with E-state index in [0.29, 0.717) is 10.7 Å². The van der Waals surface area contributed by atoms with Crippen LogP contribution in [0.25, 0.3) is 0 Å². The summed E-state index contributed by atoms with van der Waals surface area (Å²) < 4.78 is 13.9. The Bertz CT molecular complexity index is 644. The van der Waals surface area contributed by atoms with Crippen LogP contribution in [-0.4, -0.2) is 10.9 Å². The lowest BCUT2D eigenvalue weighted by Crippen LogP contribution is -2.15. The number of amides is 1. The molecule has 0 saturated heterocycles. The third-order valence-electron chi connectivity index (χ3n) is 2.93. The predicted molar refractivity (Wildman–Crippen MR) is 79.9 cm³/mol. The first-order valence-corrected chi connectivity index (χ1v) is 7.19. The highest BCUT2D eigenvalue weighted by molar-refractivity contribution is 7.14. The zero-order valence-corrected chi connectivity index (χ0v) is 12.8. The van der Waals surface area contributed by atoms with E-state index >= 15 is 0 Å². The Kier molecular flexibility index (Phi) is 3.90. The Hall–Kier alpha value is -1.75. The standard InChI is InChI=1S/C15H17FN2OS/c1-9-6-5-7-10(12(9)16)13(19)18-14-17-11(8-20-14)15(2,3)4/h5-8H,1-4H3,(H,17,18,19). The number of nitrogens with one attached hydrogen (secondary N) is 1. The molecule has 3 nitrogen and oxygen atoms in total. The second kappa shape index (κ2) is 5.32. The first-order chi connectivity index (χ1) is 9.29. The van der Waals surface area contributed by atoms with Gasteiger partial charge in [-0.25, -0.2) is 9.37 Å². The molecule has 0 bridgehead atoms. The van der Waals surface area contributed by atoms with Crippen LogP contribution in [0.2, 0.25) is 0 Å². The number of aromatic nitrogens is 1. The molecule has 0 saturated carbocycles. The third-order valence-corrected chi connectivity index (χ3v) is 3.69. The molecule has 1 N–H and O–H groups in total. The lowest BCUT2D eigenvalue weighted by molar-refractivity contribution is 0.102. The summed E-state index contributed by atoms with van der Waals surface area (Å²) in [7, 11) is 0. The third kappa shape index (κ3) is 3.04. The van der Waals surface area contributed by atoms with Crippen molar-refractivity contribution in [2.45, 2.75) is 33.1 Å². The Morgan fingerprint density at radius 2 is 2.05 bits per heavy atom. The van der Waals surface area contributed by atoms with Crippen molar-refractivity contribution in [3.8, 4) is 0 Å². The van der Waals surface area contributed by atoms with Crippen LogP contribution in [0.3, 0.4) is 0 Å². The molecular weight excluding hydrogens is 275 g/mol. The van der Waals surface area contributed by atoms with Crippen LogP contribution >= 0.6 is 11.3 Å². The molecule has 0 spiro atoms. The minimum Gasteiger partial charge on any atom is -0.298 e. The highest BCUT2D eigenvalue weighted by Gasteiger charge is 2.19. The van der Waals surface area contributed by atoms with Crippen LogP contribution < -0.4 is 5.32 Å². The summed E-state index contributed by atoms with van der Waals surface area (Å²) in [4.78, 5) is 16.4. The maximum Gasteiger partial charge on any atom is 0.260 e. The molecular formula is C15H17FN2OS. The van der Waals surface area contributed by atoms with Gasteiger partial charge in [0.05, 0.1) is 11.3 Å². The van der Waals surface area contributed by atoms with Crippen LogP contribution in [-0.2, 0) is 5.41 Å². The minimum atomic E-state index is -0.488. The van der Waals surface area contributed by atoms with E-state index < -0.39 is 11.7 Å². The molecule has 2 aromatic rings. The Morgan fingerprint density at radius 1 is 1.35 bits per heavy atom. The van der Waals surface area contributed by atoms with Gasteiger partial charge in [-0.15, -0.1) is 11.3 Å². The van der Waals surface area contributed by atoms with Crippen molar-refractivity contribution in [2.24, 2.45) is 0 Å². The van der Waals surface area contributed by atoms with Crippen LogP contribution in [0.4, 0.5) is 9.52 Å². The highest BCUT2D eigenvalue weighted by Crippen LogP contribution is 2.26. The molecule has 2 rings (SSSR count). The molecule has 0 aliphatic rings. The van der Waals surface area contributed by atoms with Gasteiger partial charge in [-0.2, -0.15) is 0 Å². The molecule has 1 aromatic heterocycles. The summed E-state index contributed by atoms with van der Waals surface area (Å²) in [6.07, 6.45) is 0. The fraction of sp³-hybridized carbons (Fsp3) is 0.333. The molecule has 0 fully saturated rings. The van der Waals surface area contributed by atoms with E-state index in [1.54, 1.807) is 19.1 Å². The molecule has 1 amide bonds. The fourth-order valence-corrected chi connectivity index (χ4v) is 2.60. The summed E-state index contributed by atoms with van der Waals surface area (Å²) in [5.41, 5.74) is 1.32. The van der Waals surface area contributed by atoms with Gasteiger partial charge in [-0.1, -0.05) is 32.9 Å². The first kappa shape index (κ1) is 14.7. The lowest BCUT2D eigenvalue weighted by Gasteiger charge is -2.14. The number of carbonyl (C=O) groups excluding carboxylic acids is 1. The molecule has 0 aliphatic carbocycles. The maximum absolute atomic E-state index is 13.9. The summed E-state index contributed by atoms with van der Waals surface area (Å²) >= 11 is 1.34. The monoisotopic (exact) mass is 292 g/mol. The van der Waals surface area contributed by atoms with E-state index in [1.165, 1.54) is 17.4 Å². The number of benzene rings is 1. The Morgan fingerprint density at radius 3 is 2.65 bits per heavy atom. The van der Waals surface area contributed by atoms with Gasteiger partial charge in [0.25, 0.3) is 5.91 Å².